The van der Waals surface area contributed by atoms with Crippen LogP contribution >= 0.6 is 0 Å². The highest BCUT2D eigenvalue weighted by atomic mass is 32.2. The third-order valence-electron chi connectivity index (χ3n) is 9.22. The van der Waals surface area contributed by atoms with Gasteiger partial charge in [0.15, 0.2) is 11.5 Å². The van der Waals surface area contributed by atoms with Crippen LogP contribution in [0.1, 0.15) is 0 Å². The van der Waals surface area contributed by atoms with Crippen LogP contribution in [0.25, 0.3) is 21.5 Å². The van der Waals surface area contributed by atoms with Crippen LogP contribution in [-0.4, -0.2) is 100 Å². The van der Waals surface area contributed by atoms with E-state index in [0.29, 0.717) is 42.5 Å². The van der Waals surface area contributed by atoms with Crippen molar-refractivity contribution in [1.29, 1.82) is 0 Å². The van der Waals surface area contributed by atoms with Crippen LogP contribution in [0.3, 0.4) is 0 Å². The number of azo groups is 3. The topological polar surface area (TPSA) is 519 Å². The van der Waals surface area contributed by atoms with Crippen molar-refractivity contribution >= 4 is 128 Å². The molecule has 0 amide bonds. The van der Waals surface area contributed by atoms with Crippen molar-refractivity contribution in [2.75, 3.05) is 12.8 Å². The van der Waals surface area contributed by atoms with Gasteiger partial charge in [-0.25, -0.2) is 0 Å². The van der Waals surface area contributed by atoms with E-state index in [9.17, 15) is 98.2 Å². The second-order valence-corrected chi connectivity index (χ2v) is 21.9. The molecular formula is C33H24N8O23S6. The molecule has 0 saturated carbocycles. The third-order valence-corrected chi connectivity index (χ3v) is 14.5. The summed E-state index contributed by atoms with van der Waals surface area (Å²) in [7, 11) is -31.8. The summed E-state index contributed by atoms with van der Waals surface area (Å²) in [6.07, 6.45) is 0. The Morgan fingerprint density at radius 1 is 0.500 bits per heavy atom. The summed E-state index contributed by atoms with van der Waals surface area (Å²) in [4.78, 5) is 2.18. The zero-order valence-electron chi connectivity index (χ0n) is 33.7. The normalized spacial score (nSPS) is 13.3. The number of aromatic hydroxyl groups is 2. The van der Waals surface area contributed by atoms with Gasteiger partial charge in [-0.1, -0.05) is 0 Å². The third kappa shape index (κ3) is 10.3. The molecule has 0 bridgehead atoms. The molecule has 0 spiro atoms. The van der Waals surface area contributed by atoms with Gasteiger partial charge in [0.2, 0.25) is 0 Å². The number of non-ortho nitro benzene ring substituents is 1. The van der Waals surface area contributed by atoms with Gasteiger partial charge in [-0.15, -0.1) is 30.7 Å². The molecule has 0 aliphatic rings. The lowest BCUT2D eigenvalue weighted by Gasteiger charge is -2.14. The standard InChI is InChI=1S/C33H24N8O23S6/c1-64-15-3-6-19(22(11-15)66(49,50)51)36-39-29-25(69(58,59)60)12-17-16(31(29)42)4-7-20(33(17)70(61,62)63)37-38-28-23(67(52,53)54)8-13-9-24(68(55,56)57)30(32(43)26(13)27(28)34)40-35-18-5-2-14(41(44)45)10-21(18)65(46,47)48/h2-12,42-43H,34H2,1H3,(H,46,47,48)(H,49,50,51)(H,52,53,54)(H,55,56,57)(H,58,59,60)(H,61,62,63). The summed E-state index contributed by atoms with van der Waals surface area (Å²) in [5.41, 5.74) is -2.29. The molecule has 0 radical (unpaired) electrons. The van der Waals surface area contributed by atoms with Gasteiger partial charge in [-0.05, 0) is 53.9 Å². The molecular weight excluding hydrogens is 1070 g/mol. The number of nitrogens with zero attached hydrogens (tertiary/aromatic N) is 7. The lowest BCUT2D eigenvalue weighted by atomic mass is 10.1. The quantitative estimate of drug-likeness (QED) is 0.0210. The minimum absolute atomic E-state index is 0.120. The van der Waals surface area contributed by atoms with Crippen molar-refractivity contribution in [3.63, 3.8) is 0 Å². The summed E-state index contributed by atoms with van der Waals surface area (Å²) in [6.45, 7) is 0. The van der Waals surface area contributed by atoms with Gasteiger partial charge in [0.1, 0.15) is 69.2 Å². The fourth-order valence-electron chi connectivity index (χ4n) is 6.26. The van der Waals surface area contributed by atoms with Crippen LogP contribution in [0.15, 0.2) is 127 Å². The number of phenols is 2. The minimum atomic E-state index is -5.73. The first-order valence-corrected chi connectivity index (χ1v) is 26.2. The average Bonchev–Trinajstić information content (AvgIpc) is 3.22. The summed E-state index contributed by atoms with van der Waals surface area (Å²) in [5.74, 6) is -2.90. The first-order valence-electron chi connectivity index (χ1n) is 17.6. The number of nitrogens with two attached hydrogens (primary N) is 1. The highest BCUT2D eigenvalue weighted by Crippen LogP contribution is 2.50. The highest BCUT2D eigenvalue weighted by Gasteiger charge is 2.31. The maximum Gasteiger partial charge on any atom is 0.297 e. The minimum Gasteiger partial charge on any atom is -0.505 e. The van der Waals surface area contributed by atoms with Gasteiger partial charge >= 0.3 is 0 Å². The van der Waals surface area contributed by atoms with Gasteiger partial charge in [0.25, 0.3) is 66.4 Å². The molecule has 370 valence electrons. The molecule has 10 N–H and O–H groups in total. The Morgan fingerprint density at radius 3 is 1.41 bits per heavy atom. The second-order valence-electron chi connectivity index (χ2n) is 13.6. The van der Waals surface area contributed by atoms with Crippen molar-refractivity contribution in [3.05, 3.63) is 76.8 Å². The molecule has 70 heavy (non-hydrogen) atoms. The van der Waals surface area contributed by atoms with Crippen molar-refractivity contribution in [2.45, 2.75) is 29.4 Å². The van der Waals surface area contributed by atoms with Gasteiger partial charge in [-0.3, -0.25) is 37.4 Å². The van der Waals surface area contributed by atoms with Crippen molar-refractivity contribution in [2.24, 2.45) is 30.7 Å². The predicted octanol–water partition coefficient (Wildman–Crippen LogP) is 5.63. The number of methoxy groups -OCH3 is 1. The first-order chi connectivity index (χ1) is 32.0. The Bertz CT molecular complexity index is 4110. The predicted molar refractivity (Wildman–Crippen MR) is 233 cm³/mol. The number of fused-ring (bicyclic) bond motifs is 2. The fourth-order valence-corrected chi connectivity index (χ4v) is 10.3. The summed E-state index contributed by atoms with van der Waals surface area (Å²) >= 11 is 0. The number of anilines is 1. The summed E-state index contributed by atoms with van der Waals surface area (Å²) in [6, 6.07) is 6.84. The van der Waals surface area contributed by atoms with E-state index < -0.39 is 174 Å². The molecule has 6 aromatic rings. The second kappa shape index (κ2) is 17.9. The number of rotatable bonds is 14. The van der Waals surface area contributed by atoms with E-state index >= 15 is 0 Å². The van der Waals surface area contributed by atoms with E-state index in [2.05, 4.69) is 30.7 Å². The number of nitro benzene ring substituents is 1. The van der Waals surface area contributed by atoms with Crippen LogP contribution in [0.5, 0.6) is 17.2 Å². The molecule has 6 aromatic carbocycles. The first kappa shape index (κ1) is 52.1. The molecule has 0 unspecified atom stereocenters. The summed E-state index contributed by atoms with van der Waals surface area (Å²) < 4.78 is 215. The number of nitro groups is 1. The smallest absolute Gasteiger partial charge is 0.297 e. The Labute approximate surface area is 390 Å². The number of nitrogen functional groups attached to an aromatic ring is 1. The fraction of sp³-hybridized carbons (Fsp3) is 0.0303. The van der Waals surface area contributed by atoms with E-state index in [1.807, 2.05) is 0 Å². The molecule has 0 aliphatic heterocycles. The molecule has 31 nitrogen and oxygen atoms in total. The number of phenolic OH excluding ortho intramolecular Hbond substituents is 2. The SMILES string of the molecule is COc1ccc(N=Nc2c(S(=O)(=O)O)cc3c(S(=O)(=O)O)c(N=Nc4c(S(=O)(=O)O)cc5cc(S(=O)(=O)O)c(N=Nc6ccc([N+](=O)[O-])cc6S(=O)(=O)O)c(O)c5c4N)ccc3c2O)c(S(=O)(=O)O)c1. The van der Waals surface area contributed by atoms with Gasteiger partial charge < -0.3 is 20.7 Å². The monoisotopic (exact) mass is 1090 g/mol. The maximum absolute atomic E-state index is 12.9. The van der Waals surface area contributed by atoms with Crippen LogP contribution in [-0.2, 0) is 60.7 Å². The Kier molecular flexibility index (Phi) is 13.3. The van der Waals surface area contributed by atoms with Crippen molar-refractivity contribution in [3.8, 4) is 17.2 Å². The Morgan fingerprint density at radius 2 is 0.929 bits per heavy atom. The molecule has 0 aliphatic carbocycles. The van der Waals surface area contributed by atoms with E-state index in [-0.39, 0.29) is 5.75 Å². The number of benzene rings is 6. The van der Waals surface area contributed by atoms with E-state index in [1.165, 1.54) is 0 Å². The highest BCUT2D eigenvalue weighted by molar-refractivity contribution is 7.87. The van der Waals surface area contributed by atoms with Gasteiger partial charge in [0.05, 0.1) is 23.1 Å². The lowest BCUT2D eigenvalue weighted by molar-refractivity contribution is -0.385. The Hall–Kier alpha value is -7.30. The van der Waals surface area contributed by atoms with Crippen molar-refractivity contribution < 1.29 is 97.7 Å². The van der Waals surface area contributed by atoms with Crippen LogP contribution < -0.4 is 10.5 Å². The molecule has 0 aromatic heterocycles. The zero-order chi connectivity index (χ0) is 52.4. The van der Waals surface area contributed by atoms with Crippen molar-refractivity contribution in [1.82, 2.24) is 0 Å². The maximum atomic E-state index is 12.9. The van der Waals surface area contributed by atoms with E-state index in [0.717, 1.165) is 31.4 Å². The molecule has 0 fully saturated rings. The average molecular weight is 1090 g/mol. The molecule has 37 heteroatoms. The number of ether oxygens (including phenoxy) is 1. The Balaban J connectivity index is 1.61. The zero-order valence-corrected chi connectivity index (χ0v) is 38.6. The largest absolute Gasteiger partial charge is 0.505 e. The van der Waals surface area contributed by atoms with E-state index in [1.54, 1.807) is 0 Å². The molecule has 0 heterocycles. The number of hydrogen-bond donors (Lipinski definition) is 9. The number of hydrogen-bond acceptors (Lipinski definition) is 24. The van der Waals surface area contributed by atoms with E-state index in [4.69, 9.17) is 10.5 Å². The van der Waals surface area contributed by atoms with Crippen LogP contribution in [0.2, 0.25) is 0 Å². The molecule has 0 atom stereocenters. The van der Waals surface area contributed by atoms with Gasteiger partial charge in [0, 0.05) is 29.0 Å². The van der Waals surface area contributed by atoms with Crippen LogP contribution in [0, 0.1) is 10.1 Å². The molecule has 6 rings (SSSR count). The lowest BCUT2D eigenvalue weighted by Crippen LogP contribution is -2.04. The molecule has 0 saturated heterocycles. The van der Waals surface area contributed by atoms with Gasteiger partial charge in [-0.2, -0.15) is 50.5 Å². The summed E-state index contributed by atoms with van der Waals surface area (Å²) in [5, 5.41) is 51.4. The van der Waals surface area contributed by atoms with Crippen LogP contribution in [0.4, 0.5) is 45.5 Å².